The molecule has 28 heavy (non-hydrogen) atoms. The molecule has 0 amide bonds. The van der Waals surface area contributed by atoms with Crippen molar-refractivity contribution in [2.75, 3.05) is 0 Å². The monoisotopic (exact) mass is 395 g/mol. The first-order valence-electron chi connectivity index (χ1n) is 9.70. The number of nitriles is 1. The van der Waals surface area contributed by atoms with Crippen LogP contribution in [0.2, 0.25) is 0 Å². The van der Waals surface area contributed by atoms with Crippen LogP contribution in [0.25, 0.3) is 0 Å². The lowest BCUT2D eigenvalue weighted by Gasteiger charge is -2.28. The number of hydrogen-bond donors (Lipinski definition) is 0. The predicted molar refractivity (Wildman–Crippen MR) is 110 cm³/mol. The van der Waals surface area contributed by atoms with Crippen LogP contribution < -0.4 is 0 Å². The van der Waals surface area contributed by atoms with Gasteiger partial charge in [-0.1, -0.05) is 37.3 Å². The Kier molecular flexibility index (Phi) is 7.12. The number of hydrogen-bond acceptors (Lipinski definition) is 2. The first-order valence-corrected chi connectivity index (χ1v) is 10.5. The molecule has 0 atom stereocenters. The molecule has 0 saturated heterocycles. The molecular weight excluding hydrogens is 372 g/mol. The maximum absolute atomic E-state index is 14.1. The van der Waals surface area contributed by atoms with Crippen LogP contribution in [0.5, 0.6) is 0 Å². The Labute approximate surface area is 170 Å². The van der Waals surface area contributed by atoms with E-state index in [4.69, 9.17) is 5.26 Å². The van der Waals surface area contributed by atoms with Gasteiger partial charge in [0, 0.05) is 16.7 Å². The van der Waals surface area contributed by atoms with Crippen molar-refractivity contribution in [2.24, 2.45) is 5.92 Å². The standard InChI is InChI=1S/C24H23F2NS/c1-2-17-5-9-20(10-6-17)21-11-7-18(8-12-21)3-4-19-13-22(15-25)24(28-16-27)23(26)14-19/h7-8,11-14,17,20H,2,5-6,9-10,15H2,1H3. The van der Waals surface area contributed by atoms with Crippen molar-refractivity contribution in [1.29, 1.82) is 5.26 Å². The number of halogens is 2. The largest absolute Gasteiger partial charge is 0.246 e. The van der Waals surface area contributed by atoms with Crippen molar-refractivity contribution in [2.45, 2.75) is 56.5 Å². The molecule has 0 spiro atoms. The predicted octanol–water partition coefficient (Wildman–Crippen LogP) is 6.95. The molecule has 2 aromatic rings. The maximum atomic E-state index is 14.1. The summed E-state index contributed by atoms with van der Waals surface area (Å²) in [5.74, 6) is 6.85. The topological polar surface area (TPSA) is 23.8 Å². The van der Waals surface area contributed by atoms with E-state index in [2.05, 4.69) is 30.9 Å². The fourth-order valence-electron chi connectivity index (χ4n) is 3.87. The van der Waals surface area contributed by atoms with E-state index in [9.17, 15) is 8.78 Å². The highest BCUT2D eigenvalue weighted by atomic mass is 32.2. The Morgan fingerprint density at radius 2 is 1.71 bits per heavy atom. The van der Waals surface area contributed by atoms with Crippen molar-refractivity contribution in [3.05, 3.63) is 64.5 Å². The van der Waals surface area contributed by atoms with Gasteiger partial charge in [-0.05, 0) is 79.1 Å². The zero-order chi connectivity index (χ0) is 19.9. The molecule has 144 valence electrons. The summed E-state index contributed by atoms with van der Waals surface area (Å²) in [5.41, 5.74) is 2.79. The molecule has 0 heterocycles. The minimum atomic E-state index is -0.828. The number of thioether (sulfide) groups is 1. The zero-order valence-corrected chi connectivity index (χ0v) is 16.8. The third-order valence-electron chi connectivity index (χ3n) is 5.57. The normalized spacial score (nSPS) is 18.8. The zero-order valence-electron chi connectivity index (χ0n) is 16.0. The van der Waals surface area contributed by atoms with Crippen molar-refractivity contribution in [3.63, 3.8) is 0 Å². The third-order valence-corrected chi connectivity index (χ3v) is 6.32. The van der Waals surface area contributed by atoms with E-state index in [1.54, 1.807) is 5.40 Å². The van der Waals surface area contributed by atoms with Crippen LogP contribution in [0.3, 0.4) is 0 Å². The smallest absolute Gasteiger partial charge is 0.139 e. The van der Waals surface area contributed by atoms with Crippen molar-refractivity contribution in [1.82, 2.24) is 0 Å². The summed E-state index contributed by atoms with van der Waals surface area (Å²) in [7, 11) is 0. The van der Waals surface area contributed by atoms with Gasteiger partial charge in [-0.2, -0.15) is 5.26 Å². The van der Waals surface area contributed by atoms with Gasteiger partial charge in [-0.25, -0.2) is 8.78 Å². The van der Waals surface area contributed by atoms with E-state index >= 15 is 0 Å². The number of rotatable bonds is 4. The summed E-state index contributed by atoms with van der Waals surface area (Å²) >= 11 is 0.635. The van der Waals surface area contributed by atoms with Gasteiger partial charge in [0.25, 0.3) is 0 Å². The van der Waals surface area contributed by atoms with Crippen LogP contribution in [-0.2, 0) is 6.67 Å². The van der Waals surface area contributed by atoms with Crippen LogP contribution >= 0.6 is 11.8 Å². The molecule has 4 heteroatoms. The van der Waals surface area contributed by atoms with Gasteiger partial charge in [0.15, 0.2) is 0 Å². The molecule has 0 N–H and O–H groups in total. The lowest BCUT2D eigenvalue weighted by Crippen LogP contribution is -2.12. The summed E-state index contributed by atoms with van der Waals surface area (Å²) in [6.45, 7) is 1.45. The molecule has 2 aromatic carbocycles. The maximum Gasteiger partial charge on any atom is 0.139 e. The first-order chi connectivity index (χ1) is 13.6. The Morgan fingerprint density at radius 3 is 2.32 bits per heavy atom. The number of thiocyanates is 1. The second-order valence-electron chi connectivity index (χ2n) is 7.27. The highest BCUT2D eigenvalue weighted by molar-refractivity contribution is 8.03. The van der Waals surface area contributed by atoms with E-state index in [0.29, 0.717) is 23.2 Å². The Morgan fingerprint density at radius 1 is 1.04 bits per heavy atom. The Hall–Kier alpha value is -2.30. The van der Waals surface area contributed by atoms with Crippen molar-refractivity contribution in [3.8, 4) is 17.2 Å². The van der Waals surface area contributed by atoms with Gasteiger partial charge in [0.1, 0.15) is 17.9 Å². The fourth-order valence-corrected chi connectivity index (χ4v) is 4.36. The molecule has 1 aliphatic carbocycles. The quantitative estimate of drug-likeness (QED) is 0.318. The van der Waals surface area contributed by atoms with Gasteiger partial charge in [-0.15, -0.1) is 0 Å². The molecule has 0 aliphatic heterocycles. The van der Waals surface area contributed by atoms with E-state index < -0.39 is 12.5 Å². The number of nitrogens with zero attached hydrogens (tertiary/aromatic N) is 1. The van der Waals surface area contributed by atoms with Gasteiger partial charge < -0.3 is 0 Å². The SMILES string of the molecule is CCC1CCC(c2ccc(C#Cc3cc(F)c(SC#N)c(CF)c3)cc2)CC1. The highest BCUT2D eigenvalue weighted by Crippen LogP contribution is 2.36. The molecule has 1 saturated carbocycles. The summed E-state index contributed by atoms with van der Waals surface area (Å²) in [4.78, 5) is 0.0395. The number of alkyl halides is 1. The number of benzene rings is 2. The summed E-state index contributed by atoms with van der Waals surface area (Å²) in [6, 6.07) is 11.0. The van der Waals surface area contributed by atoms with Crippen LogP contribution in [0.4, 0.5) is 8.78 Å². The summed E-state index contributed by atoms with van der Waals surface area (Å²) in [6.07, 6.45) is 6.41. The molecular formula is C24H23F2NS. The lowest BCUT2D eigenvalue weighted by atomic mass is 9.78. The highest BCUT2D eigenvalue weighted by Gasteiger charge is 2.21. The van der Waals surface area contributed by atoms with E-state index in [0.717, 1.165) is 11.5 Å². The molecule has 0 unspecified atom stereocenters. The molecule has 3 rings (SSSR count). The van der Waals surface area contributed by atoms with Crippen molar-refractivity contribution >= 4 is 11.8 Å². The van der Waals surface area contributed by atoms with E-state index in [-0.39, 0.29) is 10.5 Å². The van der Waals surface area contributed by atoms with E-state index in [1.807, 2.05) is 12.1 Å². The third kappa shape index (κ3) is 4.94. The molecule has 0 bridgehead atoms. The summed E-state index contributed by atoms with van der Waals surface area (Å²) in [5, 5.41) is 10.5. The van der Waals surface area contributed by atoms with Crippen molar-refractivity contribution < 1.29 is 8.78 Å². The molecule has 0 aromatic heterocycles. The van der Waals surface area contributed by atoms with Gasteiger partial charge >= 0.3 is 0 Å². The average Bonchev–Trinajstić information content (AvgIpc) is 2.74. The average molecular weight is 396 g/mol. The minimum absolute atomic E-state index is 0.0395. The van der Waals surface area contributed by atoms with Crippen LogP contribution in [0.1, 0.15) is 67.2 Å². The minimum Gasteiger partial charge on any atom is -0.246 e. The Balaban J connectivity index is 1.73. The van der Waals surface area contributed by atoms with Crippen LogP contribution in [-0.4, -0.2) is 0 Å². The molecule has 1 fully saturated rings. The van der Waals surface area contributed by atoms with Gasteiger partial charge in [0.05, 0.1) is 4.90 Å². The second kappa shape index (κ2) is 9.76. The first kappa shape index (κ1) is 20.4. The van der Waals surface area contributed by atoms with Crippen LogP contribution in [0, 0.1) is 34.2 Å². The van der Waals surface area contributed by atoms with Crippen LogP contribution in [0.15, 0.2) is 41.3 Å². The van der Waals surface area contributed by atoms with Gasteiger partial charge in [0.2, 0.25) is 0 Å². The fraction of sp³-hybridized carbons (Fsp3) is 0.375. The second-order valence-corrected chi connectivity index (χ2v) is 8.07. The van der Waals surface area contributed by atoms with E-state index in [1.165, 1.54) is 49.8 Å². The Bertz CT molecular complexity index is 911. The molecule has 1 aliphatic rings. The summed E-state index contributed by atoms with van der Waals surface area (Å²) < 4.78 is 27.3. The molecule has 1 nitrogen and oxygen atoms in total. The molecule has 0 radical (unpaired) electrons. The van der Waals surface area contributed by atoms with Gasteiger partial charge in [-0.3, -0.25) is 0 Å². The lowest BCUT2D eigenvalue weighted by molar-refractivity contribution is 0.319.